The van der Waals surface area contributed by atoms with Crippen molar-refractivity contribution in [3.05, 3.63) is 50.9 Å². The van der Waals surface area contributed by atoms with Gasteiger partial charge in [0.15, 0.2) is 0 Å². The number of hydrogen-bond donors (Lipinski definition) is 2. The summed E-state index contributed by atoms with van der Waals surface area (Å²) in [6.07, 6.45) is 0. The van der Waals surface area contributed by atoms with Crippen molar-refractivity contribution in [3.63, 3.8) is 0 Å². The Hall–Kier alpha value is -2.15. The molecular weight excluding hydrogens is 324 g/mol. The van der Waals surface area contributed by atoms with E-state index in [9.17, 15) is 9.59 Å². The summed E-state index contributed by atoms with van der Waals surface area (Å²) in [5, 5.41) is 2.68. The van der Waals surface area contributed by atoms with E-state index in [4.69, 9.17) is 5.73 Å². The molecule has 2 aromatic rings. The zero-order valence-electron chi connectivity index (χ0n) is 10.8. The highest BCUT2D eigenvalue weighted by atomic mass is 79.9. The van der Waals surface area contributed by atoms with Crippen LogP contribution in [-0.2, 0) is 11.3 Å². The molecule has 0 spiro atoms. The van der Waals surface area contributed by atoms with Gasteiger partial charge in [-0.25, -0.2) is 4.98 Å². The summed E-state index contributed by atoms with van der Waals surface area (Å²) in [6, 6.07) is 8.46. The van der Waals surface area contributed by atoms with Crippen LogP contribution in [0, 0.1) is 6.92 Å². The first-order valence-corrected chi connectivity index (χ1v) is 6.64. The molecule has 0 aliphatic heterocycles. The van der Waals surface area contributed by atoms with E-state index in [0.717, 1.165) is 9.04 Å². The van der Waals surface area contributed by atoms with Gasteiger partial charge in [0.1, 0.15) is 6.54 Å². The van der Waals surface area contributed by atoms with E-state index < -0.39 is 0 Å². The smallest absolute Gasteiger partial charge is 0.255 e. The Bertz CT molecular complexity index is 695. The van der Waals surface area contributed by atoms with Crippen molar-refractivity contribution >= 4 is 33.5 Å². The molecule has 0 bridgehead atoms. The Balaban J connectivity index is 2.12. The number of aryl methyl sites for hydroxylation is 1. The van der Waals surface area contributed by atoms with Gasteiger partial charge in [-0.3, -0.25) is 14.2 Å². The average Bonchev–Trinajstić information content (AvgIpc) is 2.36. The highest BCUT2D eigenvalue weighted by Gasteiger charge is 2.09. The van der Waals surface area contributed by atoms with E-state index in [0.29, 0.717) is 11.4 Å². The largest absolute Gasteiger partial charge is 0.369 e. The maximum Gasteiger partial charge on any atom is 0.255 e. The quantitative estimate of drug-likeness (QED) is 0.889. The van der Waals surface area contributed by atoms with Gasteiger partial charge in [-0.15, -0.1) is 0 Å². The molecule has 1 aromatic heterocycles. The third-order valence-electron chi connectivity index (χ3n) is 2.60. The van der Waals surface area contributed by atoms with Gasteiger partial charge in [-0.2, -0.15) is 0 Å². The number of aromatic nitrogens is 2. The molecule has 0 unspecified atom stereocenters. The zero-order valence-corrected chi connectivity index (χ0v) is 12.3. The number of nitrogen functional groups attached to an aromatic ring is 1. The van der Waals surface area contributed by atoms with Gasteiger partial charge in [0.25, 0.3) is 5.56 Å². The zero-order chi connectivity index (χ0) is 14.7. The molecule has 0 saturated carbocycles. The Morgan fingerprint density at radius 2 is 2.05 bits per heavy atom. The van der Waals surface area contributed by atoms with Crippen LogP contribution in [0.3, 0.4) is 0 Å². The van der Waals surface area contributed by atoms with Gasteiger partial charge in [0.05, 0.1) is 0 Å². The molecule has 7 heteroatoms. The SMILES string of the molecule is Cc1cc(=O)n(CC(=O)Nc2ccc(Br)cc2)c(N)n1. The van der Waals surface area contributed by atoms with E-state index in [1.807, 2.05) is 12.1 Å². The average molecular weight is 337 g/mol. The molecular formula is C13H13BrN4O2. The number of hydrogen-bond acceptors (Lipinski definition) is 4. The fourth-order valence-corrected chi connectivity index (χ4v) is 1.94. The number of carbonyl (C=O) groups excluding carboxylic acids is 1. The van der Waals surface area contributed by atoms with E-state index in [1.54, 1.807) is 19.1 Å². The highest BCUT2D eigenvalue weighted by Crippen LogP contribution is 2.14. The lowest BCUT2D eigenvalue weighted by atomic mass is 10.3. The summed E-state index contributed by atoms with van der Waals surface area (Å²) in [5.41, 5.74) is 6.47. The fourth-order valence-electron chi connectivity index (χ4n) is 1.68. The summed E-state index contributed by atoms with van der Waals surface area (Å²) in [6.45, 7) is 1.50. The van der Waals surface area contributed by atoms with Crippen molar-refractivity contribution in [1.82, 2.24) is 9.55 Å². The van der Waals surface area contributed by atoms with Crippen LogP contribution in [0.25, 0.3) is 0 Å². The fraction of sp³-hybridized carbons (Fsp3) is 0.154. The molecule has 2 rings (SSSR count). The summed E-state index contributed by atoms with van der Waals surface area (Å²) in [5.74, 6) is -0.312. The van der Waals surface area contributed by atoms with E-state index in [1.165, 1.54) is 6.07 Å². The molecule has 1 heterocycles. The second-order valence-corrected chi connectivity index (χ2v) is 5.15. The highest BCUT2D eigenvalue weighted by molar-refractivity contribution is 9.10. The number of nitrogens with zero attached hydrogens (tertiary/aromatic N) is 2. The van der Waals surface area contributed by atoms with E-state index >= 15 is 0 Å². The summed E-state index contributed by atoms with van der Waals surface area (Å²) < 4.78 is 2.04. The Morgan fingerprint density at radius 3 is 2.65 bits per heavy atom. The van der Waals surface area contributed by atoms with Crippen LogP contribution in [0.2, 0.25) is 0 Å². The lowest BCUT2D eigenvalue weighted by Gasteiger charge is -2.09. The molecule has 3 N–H and O–H groups in total. The molecule has 0 aliphatic carbocycles. The molecule has 20 heavy (non-hydrogen) atoms. The van der Waals surface area contributed by atoms with Gasteiger partial charge >= 0.3 is 0 Å². The van der Waals surface area contributed by atoms with Gasteiger partial charge < -0.3 is 11.1 Å². The van der Waals surface area contributed by atoms with Crippen molar-refractivity contribution in [2.75, 3.05) is 11.1 Å². The standard InChI is InChI=1S/C13H13BrN4O2/c1-8-6-12(20)18(13(15)16-8)7-11(19)17-10-4-2-9(14)3-5-10/h2-6H,7H2,1H3,(H2,15,16)(H,17,19). The molecule has 0 saturated heterocycles. The number of halogens is 1. The molecule has 104 valence electrons. The van der Waals surface area contributed by atoms with E-state index in [2.05, 4.69) is 26.2 Å². The van der Waals surface area contributed by atoms with Gasteiger partial charge in [-0.05, 0) is 31.2 Å². The first-order chi connectivity index (χ1) is 9.45. The van der Waals surface area contributed by atoms with Crippen LogP contribution in [0.4, 0.5) is 11.6 Å². The predicted octanol–water partition coefficient (Wildman–Crippen LogP) is 1.54. The number of anilines is 2. The Labute approximate surface area is 123 Å². The van der Waals surface area contributed by atoms with Crippen molar-refractivity contribution in [2.24, 2.45) is 0 Å². The van der Waals surface area contributed by atoms with Gasteiger partial charge in [0.2, 0.25) is 11.9 Å². The minimum absolute atomic E-state index is 0.0287. The second kappa shape index (κ2) is 5.87. The molecule has 0 aliphatic rings. The van der Waals surface area contributed by atoms with Gasteiger partial charge in [-0.1, -0.05) is 15.9 Å². The van der Waals surface area contributed by atoms with E-state index in [-0.39, 0.29) is 24.0 Å². The Morgan fingerprint density at radius 1 is 1.40 bits per heavy atom. The topological polar surface area (TPSA) is 90.0 Å². The number of benzene rings is 1. The third-order valence-corrected chi connectivity index (χ3v) is 3.12. The normalized spacial score (nSPS) is 10.3. The summed E-state index contributed by atoms with van der Waals surface area (Å²) in [4.78, 5) is 27.6. The van der Waals surface area contributed by atoms with Crippen molar-refractivity contribution in [1.29, 1.82) is 0 Å². The molecule has 0 radical (unpaired) electrons. The maximum atomic E-state index is 11.9. The van der Waals surface area contributed by atoms with Crippen molar-refractivity contribution in [3.8, 4) is 0 Å². The minimum atomic E-state index is -0.346. The van der Waals surface area contributed by atoms with Crippen LogP contribution >= 0.6 is 15.9 Å². The van der Waals surface area contributed by atoms with Crippen LogP contribution < -0.4 is 16.6 Å². The lowest BCUT2D eigenvalue weighted by Crippen LogP contribution is -2.30. The predicted molar refractivity (Wildman–Crippen MR) is 80.4 cm³/mol. The van der Waals surface area contributed by atoms with Gasteiger partial charge in [0, 0.05) is 21.9 Å². The number of rotatable bonds is 3. The number of amides is 1. The maximum absolute atomic E-state index is 11.9. The summed E-state index contributed by atoms with van der Waals surface area (Å²) in [7, 11) is 0. The van der Waals surface area contributed by atoms with Crippen molar-refractivity contribution in [2.45, 2.75) is 13.5 Å². The Kier molecular flexibility index (Phi) is 4.19. The second-order valence-electron chi connectivity index (χ2n) is 4.24. The molecule has 1 amide bonds. The molecule has 1 aromatic carbocycles. The molecule has 0 atom stereocenters. The number of nitrogens with one attached hydrogen (secondary N) is 1. The first-order valence-electron chi connectivity index (χ1n) is 5.85. The van der Waals surface area contributed by atoms with Crippen LogP contribution in [0.15, 0.2) is 39.6 Å². The minimum Gasteiger partial charge on any atom is -0.369 e. The molecule has 6 nitrogen and oxygen atoms in total. The number of carbonyl (C=O) groups is 1. The monoisotopic (exact) mass is 336 g/mol. The van der Waals surface area contributed by atoms with Crippen LogP contribution in [0.1, 0.15) is 5.69 Å². The third kappa shape index (κ3) is 3.45. The van der Waals surface area contributed by atoms with Crippen LogP contribution in [-0.4, -0.2) is 15.5 Å². The first kappa shape index (κ1) is 14.3. The van der Waals surface area contributed by atoms with Crippen molar-refractivity contribution < 1.29 is 4.79 Å². The lowest BCUT2D eigenvalue weighted by molar-refractivity contribution is -0.116. The van der Waals surface area contributed by atoms with Crippen LogP contribution in [0.5, 0.6) is 0 Å². The summed E-state index contributed by atoms with van der Waals surface area (Å²) >= 11 is 3.31. The molecule has 0 fully saturated rings. The number of nitrogens with two attached hydrogens (primary N) is 1.